The first kappa shape index (κ1) is 9.35. The van der Waals surface area contributed by atoms with E-state index < -0.39 is 0 Å². The van der Waals surface area contributed by atoms with Gasteiger partial charge in [-0.1, -0.05) is 12.1 Å². The number of nitrogens with zero attached hydrogens (tertiary/aromatic N) is 2. The fourth-order valence-corrected chi connectivity index (χ4v) is 2.00. The summed E-state index contributed by atoms with van der Waals surface area (Å²) in [7, 11) is 0. The van der Waals surface area contributed by atoms with Crippen molar-refractivity contribution in [3.63, 3.8) is 0 Å². The van der Waals surface area contributed by atoms with Crippen molar-refractivity contribution in [2.24, 2.45) is 0 Å². The lowest BCUT2D eigenvalue weighted by atomic mass is 10.3. The second-order valence-electron chi connectivity index (χ2n) is 3.32. The van der Waals surface area contributed by atoms with Gasteiger partial charge in [0.15, 0.2) is 5.58 Å². The van der Waals surface area contributed by atoms with Crippen LogP contribution < -0.4 is 5.32 Å². The normalized spacial score (nSPS) is 10.8. The molecule has 0 aliphatic carbocycles. The van der Waals surface area contributed by atoms with Crippen LogP contribution in [-0.2, 0) is 6.54 Å². The van der Waals surface area contributed by atoms with Gasteiger partial charge in [-0.25, -0.2) is 4.98 Å². The van der Waals surface area contributed by atoms with Gasteiger partial charge in [0.05, 0.1) is 17.7 Å². The van der Waals surface area contributed by atoms with Crippen LogP contribution in [0.2, 0.25) is 0 Å². The molecule has 0 unspecified atom stereocenters. The number of benzene rings is 1. The molecule has 1 aromatic carbocycles. The summed E-state index contributed by atoms with van der Waals surface area (Å²) in [6.45, 7) is 0.635. The summed E-state index contributed by atoms with van der Waals surface area (Å²) in [4.78, 5) is 8.48. The number of thiazole rings is 1. The fraction of sp³-hybridized carbons (Fsp3) is 0.0909. The van der Waals surface area contributed by atoms with E-state index in [1.807, 2.05) is 35.2 Å². The van der Waals surface area contributed by atoms with Gasteiger partial charge in [0.25, 0.3) is 6.01 Å². The van der Waals surface area contributed by atoms with Crippen molar-refractivity contribution in [3.05, 3.63) is 40.8 Å². The van der Waals surface area contributed by atoms with E-state index in [0.29, 0.717) is 12.6 Å². The molecular weight excluding hydrogens is 222 g/mol. The maximum atomic E-state index is 5.52. The topological polar surface area (TPSA) is 51.0 Å². The van der Waals surface area contributed by atoms with Crippen LogP contribution in [0.15, 0.2) is 39.6 Å². The van der Waals surface area contributed by atoms with E-state index in [9.17, 15) is 0 Å². The smallest absolute Gasteiger partial charge is 0.296 e. The van der Waals surface area contributed by atoms with Crippen molar-refractivity contribution in [1.29, 1.82) is 0 Å². The number of para-hydroxylation sites is 2. The van der Waals surface area contributed by atoms with E-state index >= 15 is 0 Å². The lowest BCUT2D eigenvalue weighted by Gasteiger charge is -1.96. The number of anilines is 1. The van der Waals surface area contributed by atoms with E-state index in [1.165, 1.54) is 0 Å². The Balaban J connectivity index is 1.79. The van der Waals surface area contributed by atoms with Crippen LogP contribution in [0.5, 0.6) is 0 Å². The van der Waals surface area contributed by atoms with Gasteiger partial charge in [-0.2, -0.15) is 4.98 Å². The molecule has 0 aliphatic rings. The molecule has 0 bridgehead atoms. The summed E-state index contributed by atoms with van der Waals surface area (Å²) >= 11 is 1.58. The van der Waals surface area contributed by atoms with E-state index in [-0.39, 0.29) is 0 Å². The molecule has 0 radical (unpaired) electrons. The third-order valence-corrected chi connectivity index (χ3v) is 2.83. The second kappa shape index (κ2) is 3.94. The molecule has 0 atom stereocenters. The molecule has 4 nitrogen and oxygen atoms in total. The summed E-state index contributed by atoms with van der Waals surface area (Å²) in [5.74, 6) is 0. The highest BCUT2D eigenvalue weighted by molar-refractivity contribution is 7.07. The predicted molar refractivity (Wildman–Crippen MR) is 63.4 cm³/mol. The molecule has 0 fully saturated rings. The third kappa shape index (κ3) is 1.77. The standard InChI is InChI=1S/C11H9N3OS/c1-2-4-10-9(3-1)14-11(15-10)12-5-8-6-16-7-13-8/h1-4,6-7H,5H2,(H,12,14). The molecular formula is C11H9N3OS. The Kier molecular flexibility index (Phi) is 2.30. The zero-order valence-corrected chi connectivity index (χ0v) is 9.20. The molecule has 2 heterocycles. The molecule has 3 aromatic rings. The van der Waals surface area contributed by atoms with Crippen molar-refractivity contribution in [1.82, 2.24) is 9.97 Å². The average Bonchev–Trinajstić information content (AvgIpc) is 2.95. The molecule has 0 saturated heterocycles. The minimum atomic E-state index is 0.536. The summed E-state index contributed by atoms with van der Waals surface area (Å²) in [5, 5.41) is 5.10. The number of hydrogen-bond donors (Lipinski definition) is 1. The maximum absolute atomic E-state index is 5.52. The number of hydrogen-bond acceptors (Lipinski definition) is 5. The summed E-state index contributed by atoms with van der Waals surface area (Å²) < 4.78 is 5.52. The lowest BCUT2D eigenvalue weighted by molar-refractivity contribution is 0.614. The molecule has 0 aliphatic heterocycles. The second-order valence-corrected chi connectivity index (χ2v) is 4.04. The number of fused-ring (bicyclic) bond motifs is 1. The Morgan fingerprint density at radius 3 is 3.06 bits per heavy atom. The van der Waals surface area contributed by atoms with Crippen LogP contribution in [0.3, 0.4) is 0 Å². The highest BCUT2D eigenvalue weighted by atomic mass is 32.1. The highest BCUT2D eigenvalue weighted by Gasteiger charge is 2.04. The Morgan fingerprint density at radius 2 is 2.25 bits per heavy atom. The first-order valence-electron chi connectivity index (χ1n) is 4.88. The van der Waals surface area contributed by atoms with E-state index in [2.05, 4.69) is 15.3 Å². The average molecular weight is 231 g/mol. The summed E-state index contributed by atoms with van der Waals surface area (Å²) in [6.07, 6.45) is 0. The van der Waals surface area contributed by atoms with Crippen molar-refractivity contribution < 1.29 is 4.42 Å². The minimum Gasteiger partial charge on any atom is -0.424 e. The summed E-state index contributed by atoms with van der Waals surface area (Å²) in [6, 6.07) is 8.23. The zero-order chi connectivity index (χ0) is 10.8. The number of nitrogens with one attached hydrogen (secondary N) is 1. The quantitative estimate of drug-likeness (QED) is 0.753. The first-order valence-corrected chi connectivity index (χ1v) is 5.82. The molecule has 16 heavy (non-hydrogen) atoms. The van der Waals surface area contributed by atoms with Gasteiger partial charge in [-0.3, -0.25) is 0 Å². The van der Waals surface area contributed by atoms with E-state index in [1.54, 1.807) is 11.3 Å². The Morgan fingerprint density at radius 1 is 1.31 bits per heavy atom. The Labute approximate surface area is 96.0 Å². The number of rotatable bonds is 3. The van der Waals surface area contributed by atoms with Gasteiger partial charge in [-0.15, -0.1) is 11.3 Å². The molecule has 80 valence electrons. The van der Waals surface area contributed by atoms with Crippen LogP contribution >= 0.6 is 11.3 Å². The largest absolute Gasteiger partial charge is 0.424 e. The van der Waals surface area contributed by atoms with E-state index in [0.717, 1.165) is 16.8 Å². The van der Waals surface area contributed by atoms with Crippen LogP contribution in [0, 0.1) is 0 Å². The van der Waals surface area contributed by atoms with Gasteiger partial charge in [0, 0.05) is 5.38 Å². The highest BCUT2D eigenvalue weighted by Crippen LogP contribution is 2.18. The van der Waals surface area contributed by atoms with Crippen LogP contribution in [0.25, 0.3) is 11.1 Å². The van der Waals surface area contributed by atoms with Crippen LogP contribution in [-0.4, -0.2) is 9.97 Å². The van der Waals surface area contributed by atoms with Gasteiger partial charge in [-0.05, 0) is 12.1 Å². The zero-order valence-electron chi connectivity index (χ0n) is 8.38. The molecule has 0 spiro atoms. The molecule has 1 N–H and O–H groups in total. The molecule has 3 rings (SSSR count). The van der Waals surface area contributed by atoms with Gasteiger partial charge < -0.3 is 9.73 Å². The van der Waals surface area contributed by atoms with Crippen molar-refractivity contribution >= 4 is 28.5 Å². The van der Waals surface area contributed by atoms with Gasteiger partial charge in [0.1, 0.15) is 5.52 Å². The van der Waals surface area contributed by atoms with Crippen LogP contribution in [0.1, 0.15) is 5.69 Å². The molecule has 0 saturated carbocycles. The number of oxazole rings is 1. The minimum absolute atomic E-state index is 0.536. The third-order valence-electron chi connectivity index (χ3n) is 2.20. The Bertz CT molecular complexity index is 555. The van der Waals surface area contributed by atoms with Gasteiger partial charge in [0.2, 0.25) is 0 Å². The van der Waals surface area contributed by atoms with Crippen molar-refractivity contribution in [2.45, 2.75) is 6.54 Å². The van der Waals surface area contributed by atoms with Gasteiger partial charge >= 0.3 is 0 Å². The van der Waals surface area contributed by atoms with Crippen molar-refractivity contribution in [3.8, 4) is 0 Å². The SMILES string of the molecule is c1ccc2oc(NCc3cscn3)nc2c1. The monoisotopic (exact) mass is 231 g/mol. The van der Waals surface area contributed by atoms with Crippen LogP contribution in [0.4, 0.5) is 6.01 Å². The molecule has 0 amide bonds. The first-order chi connectivity index (χ1) is 7.92. The predicted octanol–water partition coefficient (Wildman–Crippen LogP) is 2.90. The lowest BCUT2D eigenvalue weighted by Crippen LogP contribution is -1.99. The van der Waals surface area contributed by atoms with E-state index in [4.69, 9.17) is 4.42 Å². The Hall–Kier alpha value is -1.88. The number of aromatic nitrogens is 2. The maximum Gasteiger partial charge on any atom is 0.296 e. The summed E-state index contributed by atoms with van der Waals surface area (Å²) in [5.41, 5.74) is 4.46. The molecule has 2 aromatic heterocycles. The fourth-order valence-electron chi connectivity index (χ4n) is 1.44. The van der Waals surface area contributed by atoms with Crippen molar-refractivity contribution in [2.75, 3.05) is 5.32 Å². The molecule has 5 heteroatoms.